The molecule has 2 N–H and O–H groups in total. The molecule has 1 saturated heterocycles. The first-order valence-electron chi connectivity index (χ1n) is 11.5. The molecule has 7 nitrogen and oxygen atoms in total. The maximum Gasteiger partial charge on any atom is 0.407 e. The van der Waals surface area contributed by atoms with Crippen molar-refractivity contribution in [1.82, 2.24) is 10.2 Å². The van der Waals surface area contributed by atoms with Gasteiger partial charge in [-0.2, -0.15) is 0 Å². The van der Waals surface area contributed by atoms with Crippen molar-refractivity contribution in [3.8, 4) is 11.1 Å². The van der Waals surface area contributed by atoms with Gasteiger partial charge in [0.2, 0.25) is 5.91 Å². The van der Waals surface area contributed by atoms with Gasteiger partial charge < -0.3 is 20.1 Å². The summed E-state index contributed by atoms with van der Waals surface area (Å²) in [6.07, 6.45) is 0.816. The van der Waals surface area contributed by atoms with E-state index in [-0.39, 0.29) is 24.3 Å². The topological polar surface area (TPSA) is 95.9 Å². The zero-order valence-corrected chi connectivity index (χ0v) is 19.0. The minimum Gasteiger partial charge on any atom is -0.480 e. The summed E-state index contributed by atoms with van der Waals surface area (Å²) in [6, 6.07) is 14.5. The van der Waals surface area contributed by atoms with Crippen LogP contribution in [0.4, 0.5) is 4.79 Å². The Kier molecular flexibility index (Phi) is 6.67. The molecule has 2 aromatic carbocycles. The second kappa shape index (κ2) is 9.65. The number of hydrogen-bond acceptors (Lipinski definition) is 4. The highest BCUT2D eigenvalue weighted by Crippen LogP contribution is 2.44. The summed E-state index contributed by atoms with van der Waals surface area (Å²) in [4.78, 5) is 38.7. The van der Waals surface area contributed by atoms with Crippen LogP contribution in [0.2, 0.25) is 0 Å². The number of nitrogens with one attached hydrogen (secondary N) is 1. The van der Waals surface area contributed by atoms with E-state index in [1.54, 1.807) is 0 Å². The van der Waals surface area contributed by atoms with Crippen molar-refractivity contribution in [3.05, 3.63) is 59.7 Å². The van der Waals surface area contributed by atoms with Crippen molar-refractivity contribution in [2.75, 3.05) is 13.2 Å². The number of rotatable bonds is 7. The second-order valence-electron chi connectivity index (χ2n) is 9.18. The summed E-state index contributed by atoms with van der Waals surface area (Å²) in [5.74, 6) is -1.30. The Morgan fingerprint density at radius 2 is 1.67 bits per heavy atom. The number of likely N-dealkylation sites (tertiary alicyclic amines) is 1. The lowest BCUT2D eigenvalue weighted by Crippen LogP contribution is -2.52. The summed E-state index contributed by atoms with van der Waals surface area (Å²) < 4.78 is 5.60. The Balaban J connectivity index is 1.44. The third-order valence-corrected chi connectivity index (χ3v) is 6.46. The lowest BCUT2D eigenvalue weighted by molar-refractivity contribution is -0.149. The number of carboxylic acid groups (broad SMARTS) is 1. The number of hydrogen-bond donors (Lipinski definition) is 2. The molecule has 0 saturated carbocycles. The lowest BCUT2D eigenvalue weighted by Gasteiger charge is -2.28. The van der Waals surface area contributed by atoms with Crippen LogP contribution in [0, 0.1) is 5.92 Å². The fourth-order valence-corrected chi connectivity index (χ4v) is 4.96. The van der Waals surface area contributed by atoms with Crippen LogP contribution in [0.5, 0.6) is 0 Å². The number of carbonyl (C=O) groups is 3. The molecule has 1 heterocycles. The van der Waals surface area contributed by atoms with Crippen molar-refractivity contribution < 1.29 is 24.2 Å². The highest BCUT2D eigenvalue weighted by molar-refractivity contribution is 5.89. The van der Waals surface area contributed by atoms with E-state index < -0.39 is 24.1 Å². The SMILES string of the molecule is CC(C)C[C@@H](NC(=O)OCC1c2ccccc2-c2ccccc21)C(=O)N1CCC[C@@H]1C(=O)O. The molecule has 1 fully saturated rings. The van der Waals surface area contributed by atoms with E-state index in [4.69, 9.17) is 4.74 Å². The number of carbonyl (C=O) groups excluding carboxylic acids is 2. The molecule has 0 radical (unpaired) electrons. The number of aliphatic carboxylic acids is 1. The molecule has 4 rings (SSSR count). The van der Waals surface area contributed by atoms with E-state index in [1.165, 1.54) is 4.90 Å². The number of benzene rings is 2. The van der Waals surface area contributed by atoms with Gasteiger partial charge >= 0.3 is 12.1 Å². The number of nitrogens with zero attached hydrogens (tertiary/aromatic N) is 1. The summed E-state index contributed by atoms with van der Waals surface area (Å²) in [6.45, 7) is 4.46. The van der Waals surface area contributed by atoms with E-state index >= 15 is 0 Å². The Bertz CT molecular complexity index is 1000. The van der Waals surface area contributed by atoms with Crippen LogP contribution >= 0.6 is 0 Å². The van der Waals surface area contributed by atoms with Gasteiger partial charge in [-0.05, 0) is 47.4 Å². The number of alkyl carbamates (subject to hydrolysis) is 1. The van der Waals surface area contributed by atoms with E-state index in [2.05, 4.69) is 17.4 Å². The van der Waals surface area contributed by atoms with Crippen molar-refractivity contribution in [3.63, 3.8) is 0 Å². The summed E-state index contributed by atoms with van der Waals surface area (Å²) in [7, 11) is 0. The van der Waals surface area contributed by atoms with E-state index in [0.717, 1.165) is 22.3 Å². The Hall–Kier alpha value is -3.35. The highest BCUT2D eigenvalue weighted by atomic mass is 16.5. The van der Waals surface area contributed by atoms with Crippen molar-refractivity contribution >= 4 is 18.0 Å². The molecule has 1 aliphatic carbocycles. The van der Waals surface area contributed by atoms with Gasteiger partial charge in [-0.25, -0.2) is 9.59 Å². The number of fused-ring (bicyclic) bond motifs is 3. The zero-order chi connectivity index (χ0) is 23.5. The van der Waals surface area contributed by atoms with Crippen molar-refractivity contribution in [1.29, 1.82) is 0 Å². The maximum atomic E-state index is 13.1. The third kappa shape index (κ3) is 4.72. The molecule has 2 atom stereocenters. The Morgan fingerprint density at radius 1 is 1.06 bits per heavy atom. The number of ether oxygens (including phenoxy) is 1. The summed E-state index contributed by atoms with van der Waals surface area (Å²) in [5.41, 5.74) is 4.51. The van der Waals surface area contributed by atoms with Crippen LogP contribution in [-0.2, 0) is 14.3 Å². The van der Waals surface area contributed by atoms with Gasteiger partial charge in [0.15, 0.2) is 0 Å². The predicted octanol–water partition coefficient (Wildman–Crippen LogP) is 4.02. The summed E-state index contributed by atoms with van der Waals surface area (Å²) in [5, 5.41) is 12.1. The molecule has 2 aliphatic rings. The van der Waals surface area contributed by atoms with Crippen LogP contribution in [0.25, 0.3) is 11.1 Å². The molecule has 1 aliphatic heterocycles. The van der Waals surface area contributed by atoms with Gasteiger partial charge in [0.1, 0.15) is 18.7 Å². The second-order valence-corrected chi connectivity index (χ2v) is 9.18. The fraction of sp³-hybridized carbons (Fsp3) is 0.423. The largest absolute Gasteiger partial charge is 0.480 e. The summed E-state index contributed by atoms with van der Waals surface area (Å²) >= 11 is 0. The normalized spacial score (nSPS) is 18.0. The maximum absolute atomic E-state index is 13.1. The minimum absolute atomic E-state index is 0.0719. The average molecular weight is 451 g/mol. The van der Waals surface area contributed by atoms with Crippen molar-refractivity contribution in [2.45, 2.75) is 51.1 Å². The monoisotopic (exact) mass is 450 g/mol. The third-order valence-electron chi connectivity index (χ3n) is 6.46. The van der Waals surface area contributed by atoms with Crippen molar-refractivity contribution in [2.24, 2.45) is 5.92 Å². The van der Waals surface area contributed by atoms with Crippen LogP contribution < -0.4 is 5.32 Å². The van der Waals surface area contributed by atoms with Gasteiger partial charge in [-0.15, -0.1) is 0 Å². The van der Waals surface area contributed by atoms with E-state index in [1.807, 2.05) is 50.2 Å². The smallest absolute Gasteiger partial charge is 0.407 e. The molecular formula is C26H30N2O5. The molecule has 2 amide bonds. The molecule has 0 spiro atoms. The lowest BCUT2D eigenvalue weighted by atomic mass is 9.98. The average Bonchev–Trinajstić information content (AvgIpc) is 3.40. The first-order valence-corrected chi connectivity index (χ1v) is 11.5. The molecule has 0 unspecified atom stereocenters. The van der Waals surface area contributed by atoms with Crippen LogP contribution in [-0.4, -0.2) is 53.2 Å². The Morgan fingerprint density at radius 3 is 2.24 bits per heavy atom. The fourth-order valence-electron chi connectivity index (χ4n) is 4.96. The molecule has 2 aromatic rings. The molecule has 174 valence electrons. The number of amides is 2. The van der Waals surface area contributed by atoms with Gasteiger partial charge in [0.05, 0.1) is 0 Å². The highest BCUT2D eigenvalue weighted by Gasteiger charge is 2.38. The molecule has 0 bridgehead atoms. The van der Waals surface area contributed by atoms with Crippen LogP contribution in [0.15, 0.2) is 48.5 Å². The van der Waals surface area contributed by atoms with Crippen LogP contribution in [0.3, 0.4) is 0 Å². The van der Waals surface area contributed by atoms with Gasteiger partial charge in [-0.3, -0.25) is 4.79 Å². The first-order chi connectivity index (χ1) is 15.9. The van der Waals surface area contributed by atoms with E-state index in [0.29, 0.717) is 25.8 Å². The molecule has 7 heteroatoms. The minimum atomic E-state index is -1.01. The predicted molar refractivity (Wildman–Crippen MR) is 124 cm³/mol. The van der Waals surface area contributed by atoms with Crippen LogP contribution in [0.1, 0.15) is 50.2 Å². The standard InChI is InChI=1S/C26H30N2O5/c1-16(2)14-22(24(29)28-13-7-12-23(28)25(30)31)27-26(32)33-15-21-19-10-5-3-8-17(19)18-9-4-6-11-20(18)21/h3-6,8-11,16,21-23H,7,12-15H2,1-2H3,(H,27,32)(H,30,31)/t22-,23-/m1/s1. The van der Waals surface area contributed by atoms with Gasteiger partial charge in [-0.1, -0.05) is 62.4 Å². The zero-order valence-electron chi connectivity index (χ0n) is 19.0. The Labute approximate surface area is 193 Å². The first kappa shape index (κ1) is 22.8. The van der Waals surface area contributed by atoms with Gasteiger partial charge in [0, 0.05) is 12.5 Å². The molecule has 0 aromatic heterocycles. The molecule has 33 heavy (non-hydrogen) atoms. The number of carboxylic acids is 1. The van der Waals surface area contributed by atoms with Gasteiger partial charge in [0.25, 0.3) is 0 Å². The quantitative estimate of drug-likeness (QED) is 0.664. The van der Waals surface area contributed by atoms with E-state index in [9.17, 15) is 19.5 Å². The molecular weight excluding hydrogens is 420 g/mol.